The van der Waals surface area contributed by atoms with Crippen LogP contribution in [0.3, 0.4) is 0 Å². The third-order valence-corrected chi connectivity index (χ3v) is 3.46. The van der Waals surface area contributed by atoms with Crippen LogP contribution in [0.15, 0.2) is 48.8 Å². The van der Waals surface area contributed by atoms with Gasteiger partial charge in [0.25, 0.3) is 0 Å². The Labute approximate surface area is 104 Å². The van der Waals surface area contributed by atoms with Gasteiger partial charge in [0.15, 0.2) is 0 Å². The van der Waals surface area contributed by atoms with Crippen molar-refractivity contribution in [1.29, 1.82) is 0 Å². The first-order valence-electron chi connectivity index (χ1n) is 5.93. The van der Waals surface area contributed by atoms with Crippen molar-refractivity contribution < 1.29 is 0 Å². The largest absolute Gasteiger partial charge is 0.267 e. The van der Waals surface area contributed by atoms with Gasteiger partial charge < -0.3 is 0 Å². The average Bonchev–Trinajstić information content (AvgIpc) is 2.80. The van der Waals surface area contributed by atoms with Gasteiger partial charge in [-0.2, -0.15) is 5.10 Å². The molecule has 18 heavy (non-hydrogen) atoms. The van der Waals surface area contributed by atoms with Crippen molar-refractivity contribution in [3.8, 4) is 0 Å². The molecule has 2 heterocycles. The minimum Gasteiger partial charge on any atom is -0.267 e. The van der Waals surface area contributed by atoms with Gasteiger partial charge in [0.05, 0.1) is 17.2 Å². The van der Waals surface area contributed by atoms with E-state index in [4.69, 9.17) is 0 Å². The highest BCUT2D eigenvalue weighted by molar-refractivity contribution is 6.13. The maximum absolute atomic E-state index is 4.60. The molecule has 0 N–H and O–H groups in total. The molecule has 0 radical (unpaired) electrons. The van der Waals surface area contributed by atoms with E-state index in [0.29, 0.717) is 0 Å². The fourth-order valence-electron chi connectivity index (χ4n) is 2.60. The van der Waals surface area contributed by atoms with E-state index in [1.54, 1.807) is 0 Å². The van der Waals surface area contributed by atoms with Crippen LogP contribution < -0.4 is 0 Å². The van der Waals surface area contributed by atoms with Crippen molar-refractivity contribution in [3.05, 3.63) is 48.8 Å². The molecule has 2 aromatic heterocycles. The zero-order chi connectivity index (χ0) is 12.1. The van der Waals surface area contributed by atoms with Gasteiger partial charge in [0.2, 0.25) is 0 Å². The molecule has 0 aliphatic carbocycles. The van der Waals surface area contributed by atoms with Crippen molar-refractivity contribution in [2.75, 3.05) is 0 Å². The number of benzene rings is 2. The topological polar surface area (TPSA) is 30.7 Å². The van der Waals surface area contributed by atoms with E-state index in [1.807, 2.05) is 24.1 Å². The Balaban J connectivity index is 2.34. The van der Waals surface area contributed by atoms with Crippen LogP contribution in [0.25, 0.3) is 32.6 Å². The highest BCUT2D eigenvalue weighted by atomic mass is 15.2. The van der Waals surface area contributed by atoms with Gasteiger partial charge >= 0.3 is 0 Å². The number of aromatic nitrogens is 3. The molecule has 86 valence electrons. The minimum absolute atomic E-state index is 1.05. The molecule has 3 heteroatoms. The molecular weight excluding hydrogens is 222 g/mol. The van der Waals surface area contributed by atoms with E-state index >= 15 is 0 Å². The maximum atomic E-state index is 4.60. The Morgan fingerprint density at radius 3 is 2.72 bits per heavy atom. The molecule has 0 saturated carbocycles. The molecule has 0 spiro atoms. The second kappa shape index (κ2) is 3.29. The first-order chi connectivity index (χ1) is 8.84. The number of hydrogen-bond acceptors (Lipinski definition) is 2. The van der Waals surface area contributed by atoms with Crippen LogP contribution in [0.2, 0.25) is 0 Å². The lowest BCUT2D eigenvalue weighted by Gasteiger charge is -2.05. The molecular formula is C15H11N3. The number of hydrogen-bond donors (Lipinski definition) is 0. The normalized spacial score (nSPS) is 11.6. The van der Waals surface area contributed by atoms with Crippen LogP contribution in [0, 0.1) is 0 Å². The standard InChI is InChI=1S/C15H11N3/c1-18-15-11(9-17-18)8-16-14-12-5-3-2-4-10(12)6-7-13(14)15/h2-9H,1H3. The minimum atomic E-state index is 1.05. The lowest BCUT2D eigenvalue weighted by atomic mass is 10.1. The molecule has 0 aliphatic heterocycles. The summed E-state index contributed by atoms with van der Waals surface area (Å²) < 4.78 is 1.91. The van der Waals surface area contributed by atoms with Crippen LogP contribution in [0.1, 0.15) is 0 Å². The van der Waals surface area contributed by atoms with Gasteiger partial charge in [-0.05, 0) is 11.5 Å². The third-order valence-electron chi connectivity index (χ3n) is 3.46. The monoisotopic (exact) mass is 233 g/mol. The number of rotatable bonds is 0. The van der Waals surface area contributed by atoms with E-state index in [-0.39, 0.29) is 0 Å². The molecule has 0 unspecified atom stereocenters. The molecule has 0 atom stereocenters. The number of pyridine rings is 1. The summed E-state index contributed by atoms with van der Waals surface area (Å²) in [5.74, 6) is 0. The van der Waals surface area contributed by atoms with E-state index in [2.05, 4.69) is 46.5 Å². The first-order valence-corrected chi connectivity index (χ1v) is 5.93. The lowest BCUT2D eigenvalue weighted by molar-refractivity contribution is 0.799. The van der Waals surface area contributed by atoms with E-state index < -0.39 is 0 Å². The van der Waals surface area contributed by atoms with Gasteiger partial charge in [-0.3, -0.25) is 9.67 Å². The highest BCUT2D eigenvalue weighted by Gasteiger charge is 2.08. The summed E-state index contributed by atoms with van der Waals surface area (Å²) in [6.07, 6.45) is 3.76. The Hall–Kier alpha value is -2.42. The quantitative estimate of drug-likeness (QED) is 0.436. The Morgan fingerprint density at radius 1 is 0.889 bits per heavy atom. The molecule has 0 fully saturated rings. The first kappa shape index (κ1) is 9.59. The second-order valence-electron chi connectivity index (χ2n) is 4.51. The lowest BCUT2D eigenvalue weighted by Crippen LogP contribution is -1.91. The SMILES string of the molecule is Cn1ncc2cnc3c4ccccc4ccc3c21. The Bertz CT molecular complexity index is 890. The molecule has 0 aliphatic rings. The van der Waals surface area contributed by atoms with Gasteiger partial charge in [-0.1, -0.05) is 30.3 Å². The van der Waals surface area contributed by atoms with Crippen molar-refractivity contribution >= 4 is 32.6 Å². The molecule has 0 amide bonds. The van der Waals surface area contributed by atoms with Crippen molar-refractivity contribution in [1.82, 2.24) is 14.8 Å². The fourth-order valence-corrected chi connectivity index (χ4v) is 2.60. The Morgan fingerprint density at radius 2 is 1.78 bits per heavy atom. The predicted octanol–water partition coefficient (Wildman–Crippen LogP) is 3.27. The maximum Gasteiger partial charge on any atom is 0.0802 e. The van der Waals surface area contributed by atoms with Crippen LogP contribution >= 0.6 is 0 Å². The molecule has 2 aromatic carbocycles. The summed E-state index contributed by atoms with van der Waals surface area (Å²) in [5, 5.41) is 8.96. The van der Waals surface area contributed by atoms with Gasteiger partial charge in [-0.15, -0.1) is 0 Å². The smallest absolute Gasteiger partial charge is 0.0802 e. The molecule has 4 aromatic rings. The van der Waals surface area contributed by atoms with Crippen LogP contribution in [-0.4, -0.2) is 14.8 Å². The van der Waals surface area contributed by atoms with E-state index in [1.165, 1.54) is 10.8 Å². The van der Waals surface area contributed by atoms with E-state index in [0.717, 1.165) is 21.8 Å². The number of nitrogens with zero attached hydrogens (tertiary/aromatic N) is 3. The van der Waals surface area contributed by atoms with Crippen molar-refractivity contribution in [2.24, 2.45) is 7.05 Å². The zero-order valence-corrected chi connectivity index (χ0v) is 9.96. The highest BCUT2D eigenvalue weighted by Crippen LogP contribution is 2.28. The molecule has 3 nitrogen and oxygen atoms in total. The number of aryl methyl sites for hydroxylation is 1. The van der Waals surface area contributed by atoms with Gasteiger partial charge in [0, 0.05) is 29.4 Å². The van der Waals surface area contributed by atoms with Crippen LogP contribution in [-0.2, 0) is 7.05 Å². The van der Waals surface area contributed by atoms with Gasteiger partial charge in [-0.25, -0.2) is 0 Å². The number of fused-ring (bicyclic) bond motifs is 5. The summed E-state index contributed by atoms with van der Waals surface area (Å²) in [4.78, 5) is 4.60. The Kier molecular flexibility index (Phi) is 1.75. The van der Waals surface area contributed by atoms with Crippen LogP contribution in [0.4, 0.5) is 0 Å². The summed E-state index contributed by atoms with van der Waals surface area (Å²) in [7, 11) is 1.97. The second-order valence-corrected chi connectivity index (χ2v) is 4.51. The summed E-state index contributed by atoms with van der Waals surface area (Å²) in [6.45, 7) is 0. The molecule has 0 bridgehead atoms. The van der Waals surface area contributed by atoms with Gasteiger partial charge in [0.1, 0.15) is 0 Å². The van der Waals surface area contributed by atoms with Crippen molar-refractivity contribution in [3.63, 3.8) is 0 Å². The third kappa shape index (κ3) is 1.13. The molecule has 0 saturated heterocycles. The summed E-state index contributed by atoms with van der Waals surface area (Å²) in [6, 6.07) is 12.6. The van der Waals surface area contributed by atoms with Crippen molar-refractivity contribution in [2.45, 2.75) is 0 Å². The predicted molar refractivity (Wildman–Crippen MR) is 73.5 cm³/mol. The zero-order valence-electron chi connectivity index (χ0n) is 9.96. The molecule has 4 rings (SSSR count). The fraction of sp³-hybridized carbons (Fsp3) is 0.0667. The van der Waals surface area contributed by atoms with Crippen LogP contribution in [0.5, 0.6) is 0 Å². The summed E-state index contributed by atoms with van der Waals surface area (Å²) >= 11 is 0. The summed E-state index contributed by atoms with van der Waals surface area (Å²) in [5.41, 5.74) is 2.19. The average molecular weight is 233 g/mol. The van der Waals surface area contributed by atoms with E-state index in [9.17, 15) is 0 Å².